The fourth-order valence-electron chi connectivity index (χ4n) is 1.22. The zero-order chi connectivity index (χ0) is 8.72. The third kappa shape index (κ3) is 0.674. The van der Waals surface area contributed by atoms with Crippen molar-refractivity contribution in [1.82, 2.24) is 14.2 Å². The lowest BCUT2D eigenvalue weighted by Gasteiger charge is -1.90. The van der Waals surface area contributed by atoms with Gasteiger partial charge in [0.05, 0.1) is 11.7 Å². The molecule has 0 aliphatic carbocycles. The second kappa shape index (κ2) is 2.10. The number of aryl methyl sites for hydroxylation is 1. The van der Waals surface area contributed by atoms with Gasteiger partial charge in [-0.05, 0) is 6.07 Å². The van der Waals surface area contributed by atoms with Gasteiger partial charge in [0, 0.05) is 13.2 Å². The molecule has 0 saturated heterocycles. The minimum Gasteiger partial charge on any atom is -0.335 e. The van der Waals surface area contributed by atoms with Crippen molar-refractivity contribution < 1.29 is 0 Å². The monoisotopic (exact) mass is 164 g/mol. The van der Waals surface area contributed by atoms with Crippen LogP contribution in [0.3, 0.4) is 0 Å². The molecule has 0 aromatic carbocycles. The Labute approximate surface area is 68.0 Å². The van der Waals surface area contributed by atoms with Gasteiger partial charge in [-0.1, -0.05) is 0 Å². The number of nitrogen functional groups attached to an aromatic ring is 1. The summed E-state index contributed by atoms with van der Waals surface area (Å²) in [4.78, 5) is 15.1. The summed E-state index contributed by atoms with van der Waals surface area (Å²) in [5.41, 5.74) is 1.19. The molecule has 2 aromatic heterocycles. The minimum atomic E-state index is -0.238. The molecule has 5 nitrogen and oxygen atoms in total. The summed E-state index contributed by atoms with van der Waals surface area (Å²) in [6.45, 7) is 0. The van der Waals surface area contributed by atoms with Crippen LogP contribution in [0.1, 0.15) is 0 Å². The van der Waals surface area contributed by atoms with E-state index in [2.05, 4.69) is 4.98 Å². The maximum absolute atomic E-state index is 11.3. The molecule has 0 aliphatic heterocycles. The van der Waals surface area contributed by atoms with Crippen LogP contribution in [-0.4, -0.2) is 14.2 Å². The summed E-state index contributed by atoms with van der Waals surface area (Å²) in [5, 5.41) is 0. The fourth-order valence-corrected chi connectivity index (χ4v) is 1.22. The normalized spacial score (nSPS) is 10.8. The highest BCUT2D eigenvalue weighted by Gasteiger charge is 2.06. The van der Waals surface area contributed by atoms with Crippen LogP contribution >= 0.6 is 0 Å². The van der Waals surface area contributed by atoms with Gasteiger partial charge in [0.1, 0.15) is 5.52 Å². The topological polar surface area (TPSA) is 65.8 Å². The number of hydrogen-bond acceptors (Lipinski definition) is 3. The van der Waals surface area contributed by atoms with E-state index in [-0.39, 0.29) is 5.69 Å². The lowest BCUT2D eigenvalue weighted by atomic mass is 10.4. The molecule has 0 unspecified atom stereocenters. The van der Waals surface area contributed by atoms with Crippen molar-refractivity contribution in [3.8, 4) is 0 Å². The van der Waals surface area contributed by atoms with Crippen LogP contribution in [-0.2, 0) is 7.05 Å². The van der Waals surface area contributed by atoms with E-state index in [0.29, 0.717) is 5.52 Å². The molecule has 0 bridgehead atoms. The molecule has 0 saturated carbocycles. The van der Waals surface area contributed by atoms with Crippen molar-refractivity contribution in [2.24, 2.45) is 7.05 Å². The highest BCUT2D eigenvalue weighted by atomic mass is 16.2. The Morgan fingerprint density at radius 3 is 2.92 bits per heavy atom. The van der Waals surface area contributed by atoms with Crippen LogP contribution in [0.5, 0.6) is 0 Å². The number of aromatic nitrogens is 3. The maximum atomic E-state index is 11.3. The number of rotatable bonds is 0. The molecule has 0 amide bonds. The molecule has 0 atom stereocenters. The highest BCUT2D eigenvalue weighted by Crippen LogP contribution is 2.06. The third-order valence-electron chi connectivity index (χ3n) is 1.89. The van der Waals surface area contributed by atoms with E-state index in [1.807, 2.05) is 0 Å². The predicted molar refractivity (Wildman–Crippen MR) is 45.1 cm³/mol. The Morgan fingerprint density at radius 2 is 2.25 bits per heavy atom. The molecular formula is C7H8N4O. The average molecular weight is 164 g/mol. The second-order valence-electron chi connectivity index (χ2n) is 2.58. The van der Waals surface area contributed by atoms with Crippen LogP contribution in [0, 0.1) is 0 Å². The quantitative estimate of drug-likeness (QED) is 0.531. The van der Waals surface area contributed by atoms with Gasteiger partial charge < -0.3 is 5.84 Å². The number of nitrogens with two attached hydrogens (primary N) is 1. The first-order chi connectivity index (χ1) is 5.72. The van der Waals surface area contributed by atoms with E-state index in [0.717, 1.165) is 10.2 Å². The van der Waals surface area contributed by atoms with E-state index in [1.54, 1.807) is 25.5 Å². The van der Waals surface area contributed by atoms with E-state index in [1.165, 1.54) is 4.57 Å². The SMILES string of the molecule is Cn1c(=O)n(N)c2cnccc21. The zero-order valence-electron chi connectivity index (χ0n) is 6.56. The lowest BCUT2D eigenvalue weighted by Crippen LogP contribution is -2.27. The van der Waals surface area contributed by atoms with Gasteiger partial charge in [-0.2, -0.15) is 0 Å². The van der Waals surface area contributed by atoms with Crippen molar-refractivity contribution in [3.63, 3.8) is 0 Å². The molecule has 0 spiro atoms. The third-order valence-corrected chi connectivity index (χ3v) is 1.89. The van der Waals surface area contributed by atoms with Gasteiger partial charge in [-0.25, -0.2) is 9.47 Å². The minimum absolute atomic E-state index is 0.238. The summed E-state index contributed by atoms with van der Waals surface area (Å²) < 4.78 is 2.57. The number of nitrogens with zero attached hydrogens (tertiary/aromatic N) is 3. The summed E-state index contributed by atoms with van der Waals surface area (Å²) in [6, 6.07) is 1.75. The molecule has 2 aromatic rings. The summed E-state index contributed by atoms with van der Waals surface area (Å²) in [6.07, 6.45) is 3.19. The molecule has 2 heterocycles. The standard InChI is InChI=1S/C7H8N4O/c1-10-5-2-3-9-4-6(5)11(8)7(10)12/h2-4H,8H2,1H3. The van der Waals surface area contributed by atoms with Crippen molar-refractivity contribution in [3.05, 3.63) is 28.9 Å². The van der Waals surface area contributed by atoms with Crippen LogP contribution in [0.15, 0.2) is 23.3 Å². The Kier molecular flexibility index (Phi) is 1.21. The largest absolute Gasteiger partial charge is 0.347 e. The molecule has 2 N–H and O–H groups in total. The van der Waals surface area contributed by atoms with Crippen LogP contribution in [0.2, 0.25) is 0 Å². The predicted octanol–water partition coefficient (Wildman–Crippen LogP) is -0.551. The Morgan fingerprint density at radius 1 is 1.50 bits per heavy atom. The molecular weight excluding hydrogens is 156 g/mol. The Balaban J connectivity index is 3.09. The first-order valence-corrected chi connectivity index (χ1v) is 3.48. The molecule has 12 heavy (non-hydrogen) atoms. The van der Waals surface area contributed by atoms with Crippen molar-refractivity contribution in [1.29, 1.82) is 0 Å². The van der Waals surface area contributed by atoms with Gasteiger partial charge in [0.15, 0.2) is 0 Å². The summed E-state index contributed by atoms with van der Waals surface area (Å²) in [7, 11) is 1.67. The number of hydrogen-bond donors (Lipinski definition) is 1. The fraction of sp³-hybridized carbons (Fsp3) is 0.143. The first kappa shape index (κ1) is 6.90. The molecule has 0 aliphatic rings. The highest BCUT2D eigenvalue weighted by molar-refractivity contribution is 5.74. The van der Waals surface area contributed by atoms with Crippen molar-refractivity contribution in [2.75, 3.05) is 5.84 Å². The summed E-state index contributed by atoms with van der Waals surface area (Å²) in [5.74, 6) is 5.48. The number of pyridine rings is 1. The molecule has 0 fully saturated rings. The van der Waals surface area contributed by atoms with Crippen LogP contribution in [0.4, 0.5) is 0 Å². The first-order valence-electron chi connectivity index (χ1n) is 3.48. The Bertz CT molecular complexity index is 440. The van der Waals surface area contributed by atoms with Gasteiger partial charge in [-0.15, -0.1) is 0 Å². The molecule has 5 heteroatoms. The number of imidazole rings is 1. The van der Waals surface area contributed by atoms with Gasteiger partial charge >= 0.3 is 5.69 Å². The number of fused-ring (bicyclic) bond motifs is 1. The van der Waals surface area contributed by atoms with Crippen molar-refractivity contribution >= 4 is 11.0 Å². The molecule has 2 rings (SSSR count). The zero-order valence-corrected chi connectivity index (χ0v) is 6.56. The lowest BCUT2D eigenvalue weighted by molar-refractivity contribution is 0.827. The van der Waals surface area contributed by atoms with E-state index in [4.69, 9.17) is 5.84 Å². The summed E-state index contributed by atoms with van der Waals surface area (Å²) >= 11 is 0. The Hall–Kier alpha value is -1.78. The smallest absolute Gasteiger partial charge is 0.335 e. The van der Waals surface area contributed by atoms with E-state index < -0.39 is 0 Å². The van der Waals surface area contributed by atoms with Gasteiger partial charge in [0.25, 0.3) is 0 Å². The average Bonchev–Trinajstić information content (AvgIpc) is 2.33. The van der Waals surface area contributed by atoms with Gasteiger partial charge in [-0.3, -0.25) is 9.55 Å². The maximum Gasteiger partial charge on any atom is 0.347 e. The van der Waals surface area contributed by atoms with Gasteiger partial charge in [0.2, 0.25) is 0 Å². The molecule has 0 radical (unpaired) electrons. The van der Waals surface area contributed by atoms with Crippen LogP contribution < -0.4 is 11.5 Å². The second-order valence-corrected chi connectivity index (χ2v) is 2.58. The van der Waals surface area contributed by atoms with E-state index in [9.17, 15) is 4.79 Å². The van der Waals surface area contributed by atoms with E-state index >= 15 is 0 Å². The van der Waals surface area contributed by atoms with Crippen molar-refractivity contribution in [2.45, 2.75) is 0 Å². The molecule has 62 valence electrons. The van der Waals surface area contributed by atoms with Crippen LogP contribution in [0.25, 0.3) is 11.0 Å².